The van der Waals surface area contributed by atoms with Crippen molar-refractivity contribution >= 4 is 11.8 Å². The Morgan fingerprint density at radius 2 is 2.13 bits per heavy atom. The Labute approximate surface area is 178 Å². The molecule has 30 heavy (non-hydrogen) atoms. The van der Waals surface area contributed by atoms with Crippen molar-refractivity contribution in [2.45, 2.75) is 96.6 Å². The Balaban J connectivity index is 1.58. The summed E-state index contributed by atoms with van der Waals surface area (Å²) < 4.78 is 11.1. The molecule has 2 aromatic heterocycles. The number of aromatic nitrogens is 4. The zero-order chi connectivity index (χ0) is 21.4. The van der Waals surface area contributed by atoms with Crippen LogP contribution in [-0.4, -0.2) is 31.9 Å². The van der Waals surface area contributed by atoms with Crippen LogP contribution < -0.4 is 5.32 Å². The Hall–Kier alpha value is -2.38. The molecule has 1 fully saturated rings. The van der Waals surface area contributed by atoms with Crippen molar-refractivity contribution in [3.05, 3.63) is 24.0 Å². The lowest BCUT2D eigenvalue weighted by molar-refractivity contribution is -0.155. The van der Waals surface area contributed by atoms with Gasteiger partial charge in [-0.2, -0.15) is 10.1 Å². The van der Waals surface area contributed by atoms with E-state index >= 15 is 0 Å². The molecule has 1 aliphatic carbocycles. The number of nitrogens with one attached hydrogen (secondary N) is 2. The minimum atomic E-state index is -0.502. The van der Waals surface area contributed by atoms with Crippen LogP contribution in [0.5, 0.6) is 0 Å². The van der Waals surface area contributed by atoms with Gasteiger partial charge in [-0.25, -0.2) is 0 Å². The van der Waals surface area contributed by atoms with Gasteiger partial charge in [-0.1, -0.05) is 50.1 Å². The topological polar surface area (TPSA) is 106 Å². The van der Waals surface area contributed by atoms with E-state index in [0.29, 0.717) is 18.3 Å². The van der Waals surface area contributed by atoms with Crippen LogP contribution in [-0.2, 0) is 16.1 Å². The first-order valence-electron chi connectivity index (χ1n) is 11.2. The maximum Gasteiger partial charge on any atom is 0.307 e. The van der Waals surface area contributed by atoms with Gasteiger partial charge >= 0.3 is 5.97 Å². The molecule has 166 valence electrons. The second kappa shape index (κ2) is 10.6. The second-order valence-corrected chi connectivity index (χ2v) is 9.30. The highest BCUT2D eigenvalue weighted by atomic mass is 16.6. The summed E-state index contributed by atoms with van der Waals surface area (Å²) in [5.74, 6) is 2.35. The largest absolute Gasteiger partial charge is 0.460 e. The molecule has 0 unspecified atom stereocenters. The van der Waals surface area contributed by atoms with Crippen molar-refractivity contribution in [3.8, 4) is 0 Å². The van der Waals surface area contributed by atoms with Gasteiger partial charge in [-0.3, -0.25) is 9.89 Å². The zero-order valence-electron chi connectivity index (χ0n) is 18.4. The number of aromatic amines is 1. The Bertz CT molecular complexity index is 760. The molecule has 0 spiro atoms. The molecule has 0 aliphatic heterocycles. The van der Waals surface area contributed by atoms with Crippen LogP contribution in [0, 0.1) is 5.92 Å². The summed E-state index contributed by atoms with van der Waals surface area (Å²) in [6.07, 6.45) is 11.8. The summed E-state index contributed by atoms with van der Waals surface area (Å²) in [7, 11) is 0. The van der Waals surface area contributed by atoms with Crippen LogP contribution in [0.25, 0.3) is 0 Å². The van der Waals surface area contributed by atoms with Crippen molar-refractivity contribution in [2.75, 3.05) is 5.32 Å². The number of H-pyrrole nitrogens is 1. The van der Waals surface area contributed by atoms with E-state index in [-0.39, 0.29) is 18.3 Å². The smallest absolute Gasteiger partial charge is 0.307 e. The van der Waals surface area contributed by atoms with Gasteiger partial charge in [0.2, 0.25) is 5.89 Å². The zero-order valence-corrected chi connectivity index (χ0v) is 18.4. The third-order valence-corrected chi connectivity index (χ3v) is 5.49. The molecular weight excluding hydrogens is 382 g/mol. The molecule has 0 aromatic carbocycles. The number of ether oxygens (including phenoxy) is 1. The molecule has 2 N–H and O–H groups in total. The summed E-state index contributed by atoms with van der Waals surface area (Å²) in [6.45, 7) is 6.08. The number of hydrogen-bond donors (Lipinski definition) is 2. The van der Waals surface area contributed by atoms with E-state index in [2.05, 4.69) is 25.7 Å². The monoisotopic (exact) mass is 417 g/mol. The molecule has 0 amide bonds. The highest BCUT2D eigenvalue weighted by Crippen LogP contribution is 2.31. The molecule has 0 bridgehead atoms. The lowest BCUT2D eigenvalue weighted by Crippen LogP contribution is -2.25. The molecule has 0 saturated heterocycles. The summed E-state index contributed by atoms with van der Waals surface area (Å²) in [6, 6.07) is 1.83. The van der Waals surface area contributed by atoms with Crippen molar-refractivity contribution in [1.29, 1.82) is 0 Å². The fourth-order valence-corrected chi connectivity index (χ4v) is 4.06. The van der Waals surface area contributed by atoms with E-state index in [1.807, 2.05) is 26.8 Å². The standard InChI is InChI=1S/C22H35N5O3/c1-22(2,3)29-20(28)14-17(11-7-10-16-8-5-4-6-9-16)21-25-19(27-30-21)15-23-18-12-13-24-26-18/h12-13,16-17H,4-11,14-15H2,1-3H3,(H2,23,24,26)/t17-/m1/s1. The summed E-state index contributed by atoms with van der Waals surface area (Å²) in [5.41, 5.74) is -0.502. The van der Waals surface area contributed by atoms with Crippen LogP contribution >= 0.6 is 0 Å². The minimum Gasteiger partial charge on any atom is -0.460 e. The number of hydrogen-bond acceptors (Lipinski definition) is 7. The fraction of sp³-hybridized carbons (Fsp3) is 0.727. The van der Waals surface area contributed by atoms with Gasteiger partial charge in [0.1, 0.15) is 11.4 Å². The Kier molecular flexibility index (Phi) is 7.87. The van der Waals surface area contributed by atoms with Crippen molar-refractivity contribution in [1.82, 2.24) is 20.3 Å². The third-order valence-electron chi connectivity index (χ3n) is 5.49. The molecule has 8 nitrogen and oxygen atoms in total. The highest BCUT2D eigenvalue weighted by Gasteiger charge is 2.26. The quantitative estimate of drug-likeness (QED) is 0.526. The fourth-order valence-electron chi connectivity index (χ4n) is 4.06. The normalized spacial score (nSPS) is 16.4. The Morgan fingerprint density at radius 1 is 1.33 bits per heavy atom. The van der Waals surface area contributed by atoms with Gasteiger partial charge in [0, 0.05) is 5.92 Å². The van der Waals surface area contributed by atoms with Gasteiger partial charge in [0.25, 0.3) is 0 Å². The highest BCUT2D eigenvalue weighted by molar-refractivity contribution is 5.70. The van der Waals surface area contributed by atoms with E-state index < -0.39 is 5.60 Å². The van der Waals surface area contributed by atoms with Crippen LogP contribution in [0.3, 0.4) is 0 Å². The van der Waals surface area contributed by atoms with Gasteiger partial charge in [0.05, 0.1) is 19.2 Å². The van der Waals surface area contributed by atoms with E-state index in [4.69, 9.17) is 9.26 Å². The molecule has 3 rings (SSSR count). The first kappa shape index (κ1) is 22.3. The van der Waals surface area contributed by atoms with Crippen molar-refractivity contribution < 1.29 is 14.1 Å². The van der Waals surface area contributed by atoms with Crippen molar-refractivity contribution in [3.63, 3.8) is 0 Å². The first-order valence-corrected chi connectivity index (χ1v) is 11.2. The first-order chi connectivity index (χ1) is 14.4. The number of nitrogens with zero attached hydrogens (tertiary/aromatic N) is 3. The van der Waals surface area contributed by atoms with Crippen LogP contribution in [0.1, 0.15) is 96.2 Å². The number of carbonyl (C=O) groups excluding carboxylic acids is 1. The molecule has 0 radical (unpaired) electrons. The van der Waals surface area contributed by atoms with E-state index in [9.17, 15) is 4.79 Å². The molecule has 1 aliphatic rings. The SMILES string of the molecule is CC(C)(C)OC(=O)C[C@@H](CCCC1CCCCC1)c1nc(CNc2ccn[nH]2)no1. The number of carbonyl (C=O) groups is 1. The summed E-state index contributed by atoms with van der Waals surface area (Å²) >= 11 is 0. The average Bonchev–Trinajstić information content (AvgIpc) is 3.37. The Morgan fingerprint density at radius 3 is 2.83 bits per heavy atom. The molecule has 1 atom stereocenters. The van der Waals surface area contributed by atoms with E-state index in [0.717, 1.165) is 24.6 Å². The summed E-state index contributed by atoms with van der Waals surface area (Å²) in [4.78, 5) is 17.0. The maximum absolute atomic E-state index is 12.5. The van der Waals surface area contributed by atoms with Gasteiger partial charge < -0.3 is 14.6 Å². The van der Waals surface area contributed by atoms with Gasteiger partial charge in [-0.05, 0) is 39.2 Å². The van der Waals surface area contributed by atoms with Crippen LogP contribution in [0.2, 0.25) is 0 Å². The van der Waals surface area contributed by atoms with Gasteiger partial charge in [-0.15, -0.1) is 0 Å². The molecule has 2 heterocycles. The summed E-state index contributed by atoms with van der Waals surface area (Å²) in [5, 5.41) is 14.0. The number of esters is 1. The predicted octanol–water partition coefficient (Wildman–Crippen LogP) is 4.97. The molecule has 1 saturated carbocycles. The molecule has 2 aromatic rings. The number of anilines is 1. The third kappa shape index (κ3) is 7.46. The average molecular weight is 418 g/mol. The number of rotatable bonds is 10. The predicted molar refractivity (Wildman–Crippen MR) is 114 cm³/mol. The van der Waals surface area contributed by atoms with Crippen molar-refractivity contribution in [2.24, 2.45) is 5.92 Å². The van der Waals surface area contributed by atoms with E-state index in [1.165, 1.54) is 38.5 Å². The minimum absolute atomic E-state index is 0.114. The maximum atomic E-state index is 12.5. The molecule has 8 heteroatoms. The molecular formula is C22H35N5O3. The second-order valence-electron chi connectivity index (χ2n) is 9.30. The lowest BCUT2D eigenvalue weighted by atomic mass is 9.84. The van der Waals surface area contributed by atoms with Crippen LogP contribution in [0.4, 0.5) is 5.82 Å². The van der Waals surface area contributed by atoms with E-state index in [1.54, 1.807) is 6.20 Å². The van der Waals surface area contributed by atoms with Gasteiger partial charge in [0.15, 0.2) is 5.82 Å². The lowest BCUT2D eigenvalue weighted by Gasteiger charge is -2.23. The van der Waals surface area contributed by atoms with Crippen LogP contribution in [0.15, 0.2) is 16.8 Å².